The summed E-state index contributed by atoms with van der Waals surface area (Å²) in [4.78, 5) is 4.60. The van der Waals surface area contributed by atoms with Crippen molar-refractivity contribution in [3.63, 3.8) is 0 Å². The van der Waals surface area contributed by atoms with Gasteiger partial charge in [-0.3, -0.25) is 4.99 Å². The maximum Gasteiger partial charge on any atom is 0.191 e. The first-order valence-corrected chi connectivity index (χ1v) is 10.1. The zero-order valence-electron chi connectivity index (χ0n) is 16.2. The van der Waals surface area contributed by atoms with Gasteiger partial charge in [-0.05, 0) is 50.5 Å². The summed E-state index contributed by atoms with van der Waals surface area (Å²) in [7, 11) is 0. The molecular formula is C21H35N3O2. The van der Waals surface area contributed by atoms with E-state index in [4.69, 9.17) is 9.47 Å². The predicted octanol–water partition coefficient (Wildman–Crippen LogP) is 3.36. The summed E-state index contributed by atoms with van der Waals surface area (Å²) in [5.41, 5.74) is 1.23. The largest absolute Gasteiger partial charge is 0.381 e. The topological polar surface area (TPSA) is 54.9 Å². The van der Waals surface area contributed by atoms with E-state index >= 15 is 0 Å². The van der Waals surface area contributed by atoms with E-state index in [0.717, 1.165) is 70.6 Å². The van der Waals surface area contributed by atoms with Gasteiger partial charge in [-0.2, -0.15) is 0 Å². The number of nitrogens with one attached hydrogen (secondary N) is 2. The predicted molar refractivity (Wildman–Crippen MR) is 107 cm³/mol. The van der Waals surface area contributed by atoms with Crippen LogP contribution in [0.4, 0.5) is 0 Å². The molecule has 0 spiro atoms. The summed E-state index contributed by atoms with van der Waals surface area (Å²) in [5, 5.41) is 6.68. The lowest BCUT2D eigenvalue weighted by Crippen LogP contribution is -2.38. The fourth-order valence-electron chi connectivity index (χ4n) is 2.53. The molecule has 2 rings (SSSR count). The number of nitrogens with zero attached hydrogens (tertiary/aromatic N) is 1. The Labute approximate surface area is 158 Å². The molecule has 0 atom stereocenters. The van der Waals surface area contributed by atoms with Gasteiger partial charge in [0.2, 0.25) is 0 Å². The average Bonchev–Trinajstić information content (AvgIpc) is 3.49. The number of hydrogen-bond acceptors (Lipinski definition) is 3. The standard InChI is InChI=1S/C21H35N3O2/c1-2-22-21(24-14-8-16-26-18-20-11-12-20)23-13-6-7-15-25-17-19-9-4-3-5-10-19/h3-5,9-10,20H,2,6-8,11-18H2,1H3,(H2,22,23,24). The van der Waals surface area contributed by atoms with Crippen molar-refractivity contribution in [3.8, 4) is 0 Å². The SMILES string of the molecule is CCNC(=NCCCOCC1CC1)NCCCCOCc1ccccc1. The van der Waals surface area contributed by atoms with Crippen molar-refractivity contribution in [1.29, 1.82) is 0 Å². The molecule has 0 heterocycles. The number of benzene rings is 1. The van der Waals surface area contributed by atoms with Crippen molar-refractivity contribution in [2.75, 3.05) is 39.5 Å². The van der Waals surface area contributed by atoms with E-state index in [1.807, 2.05) is 18.2 Å². The van der Waals surface area contributed by atoms with Crippen LogP contribution in [-0.4, -0.2) is 45.4 Å². The second-order valence-electron chi connectivity index (χ2n) is 6.80. The summed E-state index contributed by atoms with van der Waals surface area (Å²) < 4.78 is 11.4. The highest BCUT2D eigenvalue weighted by Crippen LogP contribution is 2.28. The van der Waals surface area contributed by atoms with Crippen LogP contribution >= 0.6 is 0 Å². The Morgan fingerprint density at radius 3 is 2.62 bits per heavy atom. The van der Waals surface area contributed by atoms with Gasteiger partial charge in [-0.1, -0.05) is 30.3 Å². The minimum Gasteiger partial charge on any atom is -0.381 e. The summed E-state index contributed by atoms with van der Waals surface area (Å²) in [5.74, 6) is 1.74. The smallest absolute Gasteiger partial charge is 0.191 e. The summed E-state index contributed by atoms with van der Waals surface area (Å²) in [6.45, 7) is 7.94. The van der Waals surface area contributed by atoms with Gasteiger partial charge in [0, 0.05) is 39.5 Å². The maximum absolute atomic E-state index is 5.71. The highest BCUT2D eigenvalue weighted by molar-refractivity contribution is 5.79. The van der Waals surface area contributed by atoms with E-state index in [2.05, 4.69) is 34.7 Å². The molecule has 1 fully saturated rings. The van der Waals surface area contributed by atoms with Crippen LogP contribution in [0.2, 0.25) is 0 Å². The Bertz CT molecular complexity index is 489. The van der Waals surface area contributed by atoms with Crippen molar-refractivity contribution in [2.24, 2.45) is 10.9 Å². The Kier molecular flexibility index (Phi) is 10.8. The highest BCUT2D eigenvalue weighted by atomic mass is 16.5. The number of unbranched alkanes of at least 4 members (excludes halogenated alkanes) is 1. The molecule has 1 saturated carbocycles. The van der Waals surface area contributed by atoms with Gasteiger partial charge in [0.1, 0.15) is 0 Å². The van der Waals surface area contributed by atoms with Crippen LogP contribution in [0.1, 0.15) is 44.6 Å². The van der Waals surface area contributed by atoms with Gasteiger partial charge >= 0.3 is 0 Å². The molecule has 0 aromatic heterocycles. The number of guanidine groups is 1. The van der Waals surface area contributed by atoms with Crippen molar-refractivity contribution in [2.45, 2.75) is 45.6 Å². The molecule has 0 aliphatic heterocycles. The molecule has 0 amide bonds. The van der Waals surface area contributed by atoms with Gasteiger partial charge < -0.3 is 20.1 Å². The van der Waals surface area contributed by atoms with Gasteiger partial charge in [0.15, 0.2) is 5.96 Å². The Hall–Kier alpha value is -1.59. The molecule has 0 bridgehead atoms. The van der Waals surface area contributed by atoms with Crippen molar-refractivity contribution in [1.82, 2.24) is 10.6 Å². The lowest BCUT2D eigenvalue weighted by Gasteiger charge is -2.11. The van der Waals surface area contributed by atoms with Crippen molar-refractivity contribution >= 4 is 5.96 Å². The number of rotatable bonds is 14. The first kappa shape index (κ1) is 20.7. The summed E-state index contributed by atoms with van der Waals surface area (Å²) >= 11 is 0. The zero-order valence-corrected chi connectivity index (χ0v) is 16.2. The Morgan fingerprint density at radius 1 is 1.04 bits per heavy atom. The molecule has 0 saturated heterocycles. The Morgan fingerprint density at radius 2 is 1.85 bits per heavy atom. The van der Waals surface area contributed by atoms with E-state index in [-0.39, 0.29) is 0 Å². The molecule has 0 unspecified atom stereocenters. The first-order chi connectivity index (χ1) is 12.9. The van der Waals surface area contributed by atoms with Crippen LogP contribution in [0.25, 0.3) is 0 Å². The zero-order chi connectivity index (χ0) is 18.3. The third kappa shape index (κ3) is 10.4. The fraction of sp³-hybridized carbons (Fsp3) is 0.667. The summed E-state index contributed by atoms with van der Waals surface area (Å²) in [6, 6.07) is 10.3. The highest BCUT2D eigenvalue weighted by Gasteiger charge is 2.20. The molecule has 0 radical (unpaired) electrons. The normalized spacial score (nSPS) is 14.4. The van der Waals surface area contributed by atoms with Gasteiger partial charge in [-0.15, -0.1) is 0 Å². The molecule has 146 valence electrons. The van der Waals surface area contributed by atoms with E-state index in [0.29, 0.717) is 6.61 Å². The molecule has 1 aromatic carbocycles. The second kappa shape index (κ2) is 13.6. The average molecular weight is 362 g/mol. The van der Waals surface area contributed by atoms with Crippen molar-refractivity contribution < 1.29 is 9.47 Å². The third-order valence-electron chi connectivity index (χ3n) is 4.23. The molecule has 2 N–H and O–H groups in total. The lowest BCUT2D eigenvalue weighted by molar-refractivity contribution is 0.117. The van der Waals surface area contributed by atoms with Crippen LogP contribution in [0.3, 0.4) is 0 Å². The number of hydrogen-bond donors (Lipinski definition) is 2. The van der Waals surface area contributed by atoms with Gasteiger partial charge in [0.05, 0.1) is 6.61 Å². The first-order valence-electron chi connectivity index (χ1n) is 10.1. The molecule has 5 heteroatoms. The van der Waals surface area contributed by atoms with Crippen molar-refractivity contribution in [3.05, 3.63) is 35.9 Å². The Balaban J connectivity index is 1.45. The van der Waals surface area contributed by atoms with Crippen LogP contribution in [0, 0.1) is 5.92 Å². The molecule has 1 aliphatic rings. The molecule has 5 nitrogen and oxygen atoms in total. The van der Waals surface area contributed by atoms with E-state index < -0.39 is 0 Å². The van der Waals surface area contributed by atoms with Gasteiger partial charge in [0.25, 0.3) is 0 Å². The van der Waals surface area contributed by atoms with Crippen LogP contribution in [0.5, 0.6) is 0 Å². The number of aliphatic imine (C=N–C) groups is 1. The monoisotopic (exact) mass is 361 g/mol. The molecular weight excluding hydrogens is 326 g/mol. The summed E-state index contributed by atoms with van der Waals surface area (Å²) in [6.07, 6.45) is 5.81. The fourth-order valence-corrected chi connectivity index (χ4v) is 2.53. The molecule has 26 heavy (non-hydrogen) atoms. The second-order valence-corrected chi connectivity index (χ2v) is 6.80. The van der Waals surface area contributed by atoms with Crippen LogP contribution < -0.4 is 10.6 Å². The number of ether oxygens (including phenoxy) is 2. The molecule has 1 aliphatic carbocycles. The van der Waals surface area contributed by atoms with E-state index in [1.165, 1.54) is 18.4 Å². The molecule has 1 aromatic rings. The third-order valence-corrected chi connectivity index (χ3v) is 4.23. The van der Waals surface area contributed by atoms with E-state index in [1.54, 1.807) is 0 Å². The van der Waals surface area contributed by atoms with Gasteiger partial charge in [-0.25, -0.2) is 0 Å². The van der Waals surface area contributed by atoms with E-state index in [9.17, 15) is 0 Å². The van der Waals surface area contributed by atoms with Crippen LogP contribution in [0.15, 0.2) is 35.3 Å². The maximum atomic E-state index is 5.71. The minimum absolute atomic E-state index is 0.696. The quantitative estimate of drug-likeness (QED) is 0.303. The lowest BCUT2D eigenvalue weighted by atomic mass is 10.2. The minimum atomic E-state index is 0.696. The van der Waals surface area contributed by atoms with Crippen LogP contribution in [-0.2, 0) is 16.1 Å².